The van der Waals surface area contributed by atoms with E-state index in [1.165, 1.54) is 0 Å². The van der Waals surface area contributed by atoms with Gasteiger partial charge in [0.15, 0.2) is 0 Å². The van der Waals surface area contributed by atoms with Gasteiger partial charge in [-0.05, 0) is 37.3 Å². The number of aryl methyl sites for hydroxylation is 1. The molecule has 1 saturated heterocycles. The second-order valence-corrected chi connectivity index (χ2v) is 5.23. The molecular formula is C12H17ClN4O3. The van der Waals surface area contributed by atoms with E-state index in [-0.39, 0.29) is 11.0 Å². The first-order valence-corrected chi connectivity index (χ1v) is 6.83. The minimum atomic E-state index is -0.442. The lowest BCUT2D eigenvalue weighted by Gasteiger charge is -2.32. The summed E-state index contributed by atoms with van der Waals surface area (Å²) >= 11 is 5.83. The van der Waals surface area contributed by atoms with Crippen LogP contribution in [0, 0.1) is 23.0 Å². The zero-order valence-corrected chi connectivity index (χ0v) is 12.3. The number of anilines is 1. The van der Waals surface area contributed by atoms with Gasteiger partial charge in [0.25, 0.3) is 0 Å². The third-order valence-corrected chi connectivity index (χ3v) is 3.68. The van der Waals surface area contributed by atoms with Crippen molar-refractivity contribution in [2.75, 3.05) is 31.7 Å². The normalized spacial score (nSPS) is 16.4. The number of methoxy groups -OCH3 is 1. The molecule has 7 nitrogen and oxygen atoms in total. The fourth-order valence-corrected chi connectivity index (χ4v) is 2.71. The maximum Gasteiger partial charge on any atom is 0.332 e. The third-order valence-electron chi connectivity index (χ3n) is 3.51. The van der Waals surface area contributed by atoms with Gasteiger partial charge >= 0.3 is 5.69 Å². The number of ether oxygens (including phenoxy) is 1. The fourth-order valence-electron chi connectivity index (χ4n) is 2.50. The Morgan fingerprint density at radius 3 is 2.65 bits per heavy atom. The Bertz CT molecular complexity index is 504. The molecule has 1 aromatic heterocycles. The highest BCUT2D eigenvalue weighted by atomic mass is 35.5. The molecule has 0 unspecified atom stereocenters. The van der Waals surface area contributed by atoms with Gasteiger partial charge in [0.1, 0.15) is 5.69 Å². The molecule has 1 fully saturated rings. The number of halogens is 1. The number of rotatable bonds is 4. The highest BCUT2D eigenvalue weighted by Gasteiger charge is 2.29. The van der Waals surface area contributed by atoms with Crippen molar-refractivity contribution < 1.29 is 9.66 Å². The quantitative estimate of drug-likeness (QED) is 0.482. The molecular weight excluding hydrogens is 284 g/mol. The number of aromatic nitrogens is 2. The van der Waals surface area contributed by atoms with Crippen LogP contribution in [-0.2, 0) is 4.74 Å². The molecule has 8 heteroatoms. The van der Waals surface area contributed by atoms with Crippen molar-refractivity contribution in [3.8, 4) is 0 Å². The Labute approximate surface area is 122 Å². The summed E-state index contributed by atoms with van der Waals surface area (Å²) in [6.07, 6.45) is 1.84. The van der Waals surface area contributed by atoms with Gasteiger partial charge in [-0.1, -0.05) is 0 Å². The summed E-state index contributed by atoms with van der Waals surface area (Å²) in [6.45, 7) is 3.72. The highest BCUT2D eigenvalue weighted by Crippen LogP contribution is 2.32. The number of hydrogen-bond donors (Lipinski definition) is 0. The van der Waals surface area contributed by atoms with Crippen molar-refractivity contribution in [1.82, 2.24) is 9.97 Å². The number of nitrogens with zero attached hydrogens (tertiary/aromatic N) is 4. The molecule has 20 heavy (non-hydrogen) atoms. The summed E-state index contributed by atoms with van der Waals surface area (Å²) in [5.74, 6) is 0.817. The summed E-state index contributed by atoms with van der Waals surface area (Å²) in [7, 11) is 1.69. The van der Waals surface area contributed by atoms with E-state index < -0.39 is 4.92 Å². The molecule has 2 heterocycles. The summed E-state index contributed by atoms with van der Waals surface area (Å²) < 4.78 is 5.15. The van der Waals surface area contributed by atoms with E-state index in [0.717, 1.165) is 19.4 Å². The van der Waals surface area contributed by atoms with E-state index in [1.54, 1.807) is 14.0 Å². The van der Waals surface area contributed by atoms with Crippen molar-refractivity contribution in [2.45, 2.75) is 19.8 Å². The Balaban J connectivity index is 2.23. The number of nitro groups is 1. The molecule has 0 bridgehead atoms. The van der Waals surface area contributed by atoms with Gasteiger partial charge in [0.2, 0.25) is 11.1 Å². The average molecular weight is 301 g/mol. The van der Waals surface area contributed by atoms with Gasteiger partial charge in [0, 0.05) is 26.8 Å². The molecule has 0 saturated carbocycles. The van der Waals surface area contributed by atoms with Crippen LogP contribution in [0.3, 0.4) is 0 Å². The molecule has 110 valence electrons. The van der Waals surface area contributed by atoms with E-state index in [0.29, 0.717) is 30.5 Å². The first kappa shape index (κ1) is 14.9. The van der Waals surface area contributed by atoms with Crippen molar-refractivity contribution in [1.29, 1.82) is 0 Å². The van der Waals surface area contributed by atoms with Crippen molar-refractivity contribution in [3.05, 3.63) is 21.1 Å². The maximum atomic E-state index is 11.2. The lowest BCUT2D eigenvalue weighted by Crippen LogP contribution is -2.36. The predicted molar refractivity (Wildman–Crippen MR) is 75.2 cm³/mol. The first-order chi connectivity index (χ1) is 9.52. The van der Waals surface area contributed by atoms with Crippen molar-refractivity contribution in [3.63, 3.8) is 0 Å². The summed E-state index contributed by atoms with van der Waals surface area (Å²) in [5.41, 5.74) is 0.239. The number of piperidine rings is 1. The molecule has 1 aliphatic heterocycles. The van der Waals surface area contributed by atoms with E-state index >= 15 is 0 Å². The van der Waals surface area contributed by atoms with Gasteiger partial charge in [-0.25, -0.2) is 4.98 Å². The van der Waals surface area contributed by atoms with Gasteiger partial charge < -0.3 is 9.64 Å². The fraction of sp³-hybridized carbons (Fsp3) is 0.667. The maximum absolute atomic E-state index is 11.2. The Morgan fingerprint density at radius 2 is 2.10 bits per heavy atom. The standard InChI is InChI=1S/C12H17ClN4O3/c1-8-10(17(18)19)11(15-12(13)14-8)16-5-3-9(4-6-16)7-20-2/h9H,3-7H2,1-2H3. The third kappa shape index (κ3) is 3.16. The monoisotopic (exact) mass is 300 g/mol. The van der Waals surface area contributed by atoms with Crippen LogP contribution in [0.15, 0.2) is 0 Å². The molecule has 0 radical (unpaired) electrons. The molecule has 0 amide bonds. The average Bonchev–Trinajstić information content (AvgIpc) is 2.38. The van der Waals surface area contributed by atoms with Gasteiger partial charge in [-0.15, -0.1) is 0 Å². The van der Waals surface area contributed by atoms with Crippen LogP contribution >= 0.6 is 11.6 Å². The van der Waals surface area contributed by atoms with Crippen LogP contribution in [0.1, 0.15) is 18.5 Å². The molecule has 1 aliphatic rings. The Hall–Kier alpha value is -1.47. The van der Waals surface area contributed by atoms with Crippen LogP contribution in [-0.4, -0.2) is 41.7 Å². The van der Waals surface area contributed by atoms with Crippen LogP contribution < -0.4 is 4.90 Å². The first-order valence-electron chi connectivity index (χ1n) is 6.45. The minimum Gasteiger partial charge on any atom is -0.384 e. The van der Waals surface area contributed by atoms with E-state index in [9.17, 15) is 10.1 Å². The highest BCUT2D eigenvalue weighted by molar-refractivity contribution is 6.28. The second-order valence-electron chi connectivity index (χ2n) is 4.89. The summed E-state index contributed by atoms with van der Waals surface area (Å²) in [6, 6.07) is 0. The van der Waals surface area contributed by atoms with E-state index in [1.807, 2.05) is 4.90 Å². The SMILES string of the molecule is COCC1CCN(c2nc(Cl)nc(C)c2[N+](=O)[O-])CC1. The topological polar surface area (TPSA) is 81.4 Å². The van der Waals surface area contributed by atoms with Gasteiger partial charge in [-0.2, -0.15) is 4.98 Å². The van der Waals surface area contributed by atoms with Crippen LogP contribution in [0.2, 0.25) is 5.28 Å². The number of hydrogen-bond acceptors (Lipinski definition) is 6. The van der Waals surface area contributed by atoms with Gasteiger partial charge in [-0.3, -0.25) is 10.1 Å². The Morgan fingerprint density at radius 1 is 1.45 bits per heavy atom. The molecule has 1 aromatic rings. The lowest BCUT2D eigenvalue weighted by molar-refractivity contribution is -0.385. The Kier molecular flexibility index (Phi) is 4.72. The lowest BCUT2D eigenvalue weighted by atomic mass is 9.98. The molecule has 0 N–H and O–H groups in total. The minimum absolute atomic E-state index is 0.0436. The molecule has 0 atom stereocenters. The zero-order valence-electron chi connectivity index (χ0n) is 11.5. The van der Waals surface area contributed by atoms with Crippen molar-refractivity contribution >= 4 is 23.1 Å². The second kappa shape index (κ2) is 6.32. The smallest absolute Gasteiger partial charge is 0.332 e. The van der Waals surface area contributed by atoms with Gasteiger partial charge in [0.05, 0.1) is 4.92 Å². The van der Waals surface area contributed by atoms with Crippen molar-refractivity contribution in [2.24, 2.45) is 5.92 Å². The molecule has 0 aliphatic carbocycles. The predicted octanol–water partition coefficient (Wildman–Crippen LogP) is 2.21. The zero-order chi connectivity index (χ0) is 14.7. The summed E-state index contributed by atoms with van der Waals surface area (Å²) in [4.78, 5) is 20.6. The van der Waals surface area contributed by atoms with Crippen LogP contribution in [0.4, 0.5) is 11.5 Å². The molecule has 2 rings (SSSR count). The molecule has 0 spiro atoms. The van der Waals surface area contributed by atoms with E-state index in [4.69, 9.17) is 16.3 Å². The van der Waals surface area contributed by atoms with Crippen LogP contribution in [0.25, 0.3) is 0 Å². The van der Waals surface area contributed by atoms with E-state index in [2.05, 4.69) is 9.97 Å². The molecule has 0 aromatic carbocycles. The largest absolute Gasteiger partial charge is 0.384 e. The van der Waals surface area contributed by atoms with Crippen LogP contribution in [0.5, 0.6) is 0 Å². The summed E-state index contributed by atoms with van der Waals surface area (Å²) in [5, 5.41) is 11.2.